The first-order valence-corrected chi connectivity index (χ1v) is 6.64. The molecule has 3 rings (SSSR count). The van der Waals surface area contributed by atoms with E-state index in [1.807, 2.05) is 60.7 Å². The Balaban J connectivity index is 1.81. The molecular weight excluding hydrogens is 264 g/mol. The fourth-order valence-electron chi connectivity index (χ4n) is 2.03. The second kappa shape index (κ2) is 6.05. The molecule has 0 bridgehead atoms. The van der Waals surface area contributed by atoms with Gasteiger partial charge in [0.2, 0.25) is 5.88 Å². The number of aromatic nitrogens is 2. The summed E-state index contributed by atoms with van der Waals surface area (Å²) in [6.07, 6.45) is 0.773. The monoisotopic (exact) mass is 278 g/mol. The first-order chi connectivity index (χ1) is 10.4. The number of aldehydes is 1. The molecule has 0 aliphatic heterocycles. The van der Waals surface area contributed by atoms with Crippen LogP contribution in [0, 0.1) is 0 Å². The van der Waals surface area contributed by atoms with E-state index in [0.717, 1.165) is 17.5 Å². The molecule has 0 saturated heterocycles. The molecule has 0 saturated carbocycles. The van der Waals surface area contributed by atoms with Crippen molar-refractivity contribution in [1.29, 1.82) is 0 Å². The van der Waals surface area contributed by atoms with Gasteiger partial charge in [0.1, 0.15) is 12.3 Å². The summed E-state index contributed by atoms with van der Waals surface area (Å²) in [5, 5.41) is 4.33. The largest absolute Gasteiger partial charge is 0.472 e. The topological polar surface area (TPSA) is 44.1 Å². The quantitative estimate of drug-likeness (QED) is 0.673. The van der Waals surface area contributed by atoms with Gasteiger partial charge < -0.3 is 4.74 Å². The van der Waals surface area contributed by atoms with Crippen molar-refractivity contribution >= 4 is 6.29 Å². The molecule has 1 heterocycles. The normalized spacial score (nSPS) is 10.3. The maximum absolute atomic E-state index is 11.2. The molecule has 2 aromatic carbocycles. The van der Waals surface area contributed by atoms with Crippen LogP contribution in [0.5, 0.6) is 5.88 Å². The molecule has 0 amide bonds. The summed E-state index contributed by atoms with van der Waals surface area (Å²) >= 11 is 0. The van der Waals surface area contributed by atoms with Gasteiger partial charge in [-0.1, -0.05) is 48.5 Å². The molecule has 21 heavy (non-hydrogen) atoms. The smallest absolute Gasteiger partial charge is 0.234 e. The highest BCUT2D eigenvalue weighted by Gasteiger charge is 2.09. The van der Waals surface area contributed by atoms with Crippen LogP contribution >= 0.6 is 0 Å². The van der Waals surface area contributed by atoms with Crippen LogP contribution in [-0.2, 0) is 6.61 Å². The van der Waals surface area contributed by atoms with Crippen LogP contribution < -0.4 is 4.74 Å². The summed E-state index contributed by atoms with van der Waals surface area (Å²) < 4.78 is 7.22. The van der Waals surface area contributed by atoms with Gasteiger partial charge >= 0.3 is 0 Å². The Hall–Kier alpha value is -2.88. The molecule has 0 N–H and O–H groups in total. The van der Waals surface area contributed by atoms with E-state index in [2.05, 4.69) is 5.10 Å². The number of nitrogens with zero attached hydrogens (tertiary/aromatic N) is 2. The van der Waals surface area contributed by atoms with Gasteiger partial charge in [0.25, 0.3) is 0 Å². The summed E-state index contributed by atoms with van der Waals surface area (Å²) in [6.45, 7) is 0.422. The highest BCUT2D eigenvalue weighted by atomic mass is 16.5. The number of carbonyl (C=O) groups is 1. The van der Waals surface area contributed by atoms with Crippen molar-refractivity contribution in [3.63, 3.8) is 0 Å². The van der Waals surface area contributed by atoms with Gasteiger partial charge in [-0.15, -0.1) is 5.10 Å². The number of benzene rings is 2. The number of ether oxygens (including phenoxy) is 1. The third kappa shape index (κ3) is 3.00. The second-order valence-electron chi connectivity index (χ2n) is 4.55. The summed E-state index contributed by atoms with van der Waals surface area (Å²) in [7, 11) is 0. The van der Waals surface area contributed by atoms with E-state index in [1.165, 1.54) is 0 Å². The molecule has 0 fully saturated rings. The molecule has 1 aromatic heterocycles. The van der Waals surface area contributed by atoms with Gasteiger partial charge in [-0.25, -0.2) is 4.68 Å². The van der Waals surface area contributed by atoms with E-state index in [9.17, 15) is 4.79 Å². The molecule has 0 aliphatic carbocycles. The predicted octanol–water partition coefficient (Wildman–Crippen LogP) is 3.26. The number of hydrogen-bond donors (Lipinski definition) is 0. The van der Waals surface area contributed by atoms with Crippen LogP contribution in [-0.4, -0.2) is 16.1 Å². The maximum atomic E-state index is 11.2. The number of carbonyl (C=O) groups excluding carboxylic acids is 1. The molecule has 104 valence electrons. The van der Waals surface area contributed by atoms with Crippen molar-refractivity contribution in [2.75, 3.05) is 0 Å². The Morgan fingerprint density at radius 3 is 2.33 bits per heavy atom. The van der Waals surface area contributed by atoms with Gasteiger partial charge in [0, 0.05) is 6.07 Å². The molecule has 0 spiro atoms. The Morgan fingerprint density at radius 2 is 1.67 bits per heavy atom. The standard InChI is InChI=1S/C17H14N2O2/c20-12-16-11-17(21-13-14-7-3-1-4-8-14)18-19(16)15-9-5-2-6-10-15/h1-12H,13H2. The first-order valence-electron chi connectivity index (χ1n) is 6.64. The van der Waals surface area contributed by atoms with Gasteiger partial charge in [-0.05, 0) is 17.7 Å². The molecule has 4 heteroatoms. The van der Waals surface area contributed by atoms with Crippen LogP contribution in [0.3, 0.4) is 0 Å². The number of rotatable bonds is 5. The fraction of sp³-hybridized carbons (Fsp3) is 0.0588. The van der Waals surface area contributed by atoms with Crippen LogP contribution in [0.2, 0.25) is 0 Å². The van der Waals surface area contributed by atoms with Gasteiger partial charge in [0.15, 0.2) is 6.29 Å². The zero-order valence-electron chi connectivity index (χ0n) is 11.3. The summed E-state index contributed by atoms with van der Waals surface area (Å²) in [5.74, 6) is 0.435. The summed E-state index contributed by atoms with van der Waals surface area (Å²) in [4.78, 5) is 11.2. The Morgan fingerprint density at radius 1 is 1.00 bits per heavy atom. The molecule has 0 radical (unpaired) electrons. The lowest BCUT2D eigenvalue weighted by molar-refractivity contribution is 0.111. The van der Waals surface area contributed by atoms with E-state index < -0.39 is 0 Å². The summed E-state index contributed by atoms with van der Waals surface area (Å²) in [6, 6.07) is 21.0. The van der Waals surface area contributed by atoms with Crippen molar-refractivity contribution in [3.05, 3.63) is 78.0 Å². The Kier molecular flexibility index (Phi) is 3.78. The highest BCUT2D eigenvalue weighted by molar-refractivity contribution is 5.74. The van der Waals surface area contributed by atoms with Crippen LogP contribution in [0.25, 0.3) is 5.69 Å². The minimum absolute atomic E-state index is 0.422. The van der Waals surface area contributed by atoms with Crippen LogP contribution in [0.4, 0.5) is 0 Å². The van der Waals surface area contributed by atoms with Crippen molar-refractivity contribution in [2.24, 2.45) is 0 Å². The van der Waals surface area contributed by atoms with E-state index in [4.69, 9.17) is 4.74 Å². The van der Waals surface area contributed by atoms with Gasteiger partial charge in [-0.2, -0.15) is 0 Å². The minimum Gasteiger partial charge on any atom is -0.472 e. The Bertz CT molecular complexity index is 721. The zero-order chi connectivity index (χ0) is 14.5. The van der Waals surface area contributed by atoms with E-state index in [-0.39, 0.29) is 0 Å². The van der Waals surface area contributed by atoms with Crippen molar-refractivity contribution < 1.29 is 9.53 Å². The van der Waals surface area contributed by atoms with Gasteiger partial charge in [-0.3, -0.25) is 4.79 Å². The SMILES string of the molecule is O=Cc1cc(OCc2ccccc2)nn1-c1ccccc1. The molecule has 3 aromatic rings. The lowest BCUT2D eigenvalue weighted by atomic mass is 10.2. The molecule has 0 aliphatic rings. The average molecular weight is 278 g/mol. The molecule has 4 nitrogen and oxygen atoms in total. The van der Waals surface area contributed by atoms with Crippen molar-refractivity contribution in [1.82, 2.24) is 9.78 Å². The third-order valence-corrected chi connectivity index (χ3v) is 3.07. The van der Waals surface area contributed by atoms with Crippen molar-refractivity contribution in [2.45, 2.75) is 6.61 Å². The minimum atomic E-state index is 0.422. The van der Waals surface area contributed by atoms with E-state index in [0.29, 0.717) is 18.2 Å². The van der Waals surface area contributed by atoms with Crippen LogP contribution in [0.15, 0.2) is 66.7 Å². The number of hydrogen-bond acceptors (Lipinski definition) is 3. The van der Waals surface area contributed by atoms with Crippen LogP contribution in [0.1, 0.15) is 16.1 Å². The van der Waals surface area contributed by atoms with E-state index in [1.54, 1.807) is 10.7 Å². The second-order valence-corrected chi connectivity index (χ2v) is 4.55. The summed E-state index contributed by atoms with van der Waals surface area (Å²) in [5.41, 5.74) is 2.35. The molecule has 0 unspecified atom stereocenters. The fourth-order valence-corrected chi connectivity index (χ4v) is 2.03. The molecule has 0 atom stereocenters. The van der Waals surface area contributed by atoms with Gasteiger partial charge in [0.05, 0.1) is 5.69 Å². The predicted molar refractivity (Wildman–Crippen MR) is 79.7 cm³/mol. The lowest BCUT2D eigenvalue weighted by Crippen LogP contribution is -2.01. The molecular formula is C17H14N2O2. The van der Waals surface area contributed by atoms with E-state index >= 15 is 0 Å². The number of para-hydroxylation sites is 1. The third-order valence-electron chi connectivity index (χ3n) is 3.07. The highest BCUT2D eigenvalue weighted by Crippen LogP contribution is 2.17. The maximum Gasteiger partial charge on any atom is 0.234 e. The lowest BCUT2D eigenvalue weighted by Gasteiger charge is -2.03. The Labute approximate surface area is 122 Å². The first kappa shape index (κ1) is 13.1. The van der Waals surface area contributed by atoms with Crippen molar-refractivity contribution in [3.8, 4) is 11.6 Å². The average Bonchev–Trinajstić information content (AvgIpc) is 2.98. The zero-order valence-corrected chi connectivity index (χ0v) is 11.3.